The molecule has 1 atom stereocenters. The van der Waals surface area contributed by atoms with Crippen LogP contribution in [0.3, 0.4) is 0 Å². The maximum Gasteiger partial charge on any atom is 0.218 e. The van der Waals surface area contributed by atoms with E-state index in [1.54, 1.807) is 0 Å². The van der Waals surface area contributed by atoms with Crippen LogP contribution in [0.4, 0.5) is 0 Å². The lowest BCUT2D eigenvalue weighted by atomic mass is 9.99. The Labute approximate surface area is 86.3 Å². The summed E-state index contributed by atoms with van der Waals surface area (Å²) in [7, 11) is 0. The maximum absolute atomic E-state index is 11.2. The minimum absolute atomic E-state index is 0.150. The first-order chi connectivity index (χ1) is 5.61. The van der Waals surface area contributed by atoms with Gasteiger partial charge in [0.2, 0.25) is 3.79 Å². The largest absolute Gasteiger partial charge is 0.290 e. The summed E-state index contributed by atoms with van der Waals surface area (Å²) in [5, 5.41) is 0. The van der Waals surface area contributed by atoms with Crippen LogP contribution in [0.25, 0.3) is 0 Å². The molecule has 1 aliphatic heterocycles. The molecule has 0 aromatic rings. The molecule has 0 aromatic carbocycles. The van der Waals surface area contributed by atoms with Crippen LogP contribution in [0, 0.1) is 5.92 Å². The predicted molar refractivity (Wildman–Crippen MR) is 58.9 cm³/mol. The zero-order valence-corrected chi connectivity index (χ0v) is 9.46. The van der Waals surface area contributed by atoms with Gasteiger partial charge in [-0.05, 0) is 25.3 Å². The van der Waals surface area contributed by atoms with Crippen LogP contribution < -0.4 is 0 Å². The van der Waals surface area contributed by atoms with Crippen molar-refractivity contribution in [1.29, 1.82) is 0 Å². The summed E-state index contributed by atoms with van der Waals surface area (Å²) < 4.78 is 0.150. The first-order valence-corrected chi connectivity index (χ1v) is 5.11. The van der Waals surface area contributed by atoms with Crippen LogP contribution in [0.1, 0.15) is 20.3 Å². The molecule has 66 valence electrons. The number of halogens is 1. The number of aliphatic imine (C=N–C) groups is 1. The second-order valence-corrected chi connectivity index (χ2v) is 4.07. The first-order valence-electron chi connectivity index (χ1n) is 4.03. The average Bonchev–Trinajstić information content (AvgIpc) is 2.13. The van der Waals surface area contributed by atoms with Crippen molar-refractivity contribution < 1.29 is 4.79 Å². The summed E-state index contributed by atoms with van der Waals surface area (Å²) >= 11 is 1.84. The molecule has 0 aliphatic carbocycles. The number of rotatable bonds is 1. The molecule has 2 nitrogen and oxygen atoms in total. The van der Waals surface area contributed by atoms with Gasteiger partial charge in [0.25, 0.3) is 0 Å². The van der Waals surface area contributed by atoms with Crippen molar-refractivity contribution in [2.24, 2.45) is 10.9 Å². The van der Waals surface area contributed by atoms with Gasteiger partial charge in [-0.25, -0.2) is 0 Å². The molecular weight excluding hydrogens is 265 g/mol. The van der Waals surface area contributed by atoms with Gasteiger partial charge in [-0.2, -0.15) is 0 Å². The Morgan fingerprint density at radius 2 is 2.42 bits per heavy atom. The molecule has 1 heterocycles. The number of carbonyl (C=O) groups is 1. The van der Waals surface area contributed by atoms with E-state index in [-0.39, 0.29) is 3.79 Å². The van der Waals surface area contributed by atoms with Gasteiger partial charge < -0.3 is 0 Å². The number of allylic oxidation sites excluding steroid dienone is 2. The minimum atomic E-state index is 0.150. The summed E-state index contributed by atoms with van der Waals surface area (Å²) in [6, 6.07) is 0. The molecule has 0 N–H and O–H groups in total. The number of hydrogen-bond donors (Lipinski definition) is 0. The highest BCUT2D eigenvalue weighted by molar-refractivity contribution is 14.1. The third kappa shape index (κ3) is 2.40. The summed E-state index contributed by atoms with van der Waals surface area (Å²) in [6.45, 7) is 4.87. The van der Waals surface area contributed by atoms with Crippen LogP contribution in [0.15, 0.2) is 16.6 Å². The van der Waals surface area contributed by atoms with Gasteiger partial charge in [-0.15, -0.1) is 0 Å². The maximum atomic E-state index is 11.2. The fourth-order valence-corrected chi connectivity index (χ4v) is 1.94. The standard InChI is InChI=1S/C9H12INO/c1-6-3-4-11-7(2)5-8(6)9(10)12/h5-6H,3-4H2,1-2H3. The fraction of sp³-hybridized carbons (Fsp3) is 0.556. The molecule has 0 fully saturated rings. The van der Waals surface area contributed by atoms with Crippen LogP contribution in [0.5, 0.6) is 0 Å². The highest BCUT2D eigenvalue weighted by atomic mass is 127. The molecule has 0 saturated heterocycles. The van der Waals surface area contributed by atoms with Gasteiger partial charge in [0.15, 0.2) is 0 Å². The topological polar surface area (TPSA) is 29.4 Å². The Kier molecular flexibility index (Phi) is 3.43. The molecule has 0 amide bonds. The van der Waals surface area contributed by atoms with Crippen molar-refractivity contribution in [3.63, 3.8) is 0 Å². The van der Waals surface area contributed by atoms with Gasteiger partial charge in [-0.1, -0.05) is 6.92 Å². The Morgan fingerprint density at radius 3 is 3.00 bits per heavy atom. The normalized spacial score (nSPS) is 24.1. The Morgan fingerprint density at radius 1 is 1.75 bits per heavy atom. The monoisotopic (exact) mass is 277 g/mol. The van der Waals surface area contributed by atoms with E-state index in [9.17, 15) is 4.79 Å². The van der Waals surface area contributed by atoms with Gasteiger partial charge in [-0.3, -0.25) is 9.79 Å². The quantitative estimate of drug-likeness (QED) is 0.534. The SMILES string of the molecule is CC1=NCCC(C)C(C(=O)I)=C1. The number of nitrogens with zero attached hydrogens (tertiary/aromatic N) is 1. The zero-order valence-electron chi connectivity index (χ0n) is 7.30. The number of hydrogen-bond acceptors (Lipinski definition) is 2. The van der Waals surface area contributed by atoms with E-state index >= 15 is 0 Å². The van der Waals surface area contributed by atoms with E-state index in [1.165, 1.54) is 0 Å². The average molecular weight is 277 g/mol. The molecule has 12 heavy (non-hydrogen) atoms. The van der Waals surface area contributed by atoms with Crippen molar-refractivity contribution in [1.82, 2.24) is 0 Å². The van der Waals surface area contributed by atoms with Crippen molar-refractivity contribution in [3.05, 3.63) is 11.6 Å². The van der Waals surface area contributed by atoms with Crippen molar-refractivity contribution in [2.45, 2.75) is 20.3 Å². The molecule has 1 unspecified atom stereocenters. The third-order valence-corrected chi connectivity index (χ3v) is 2.67. The van der Waals surface area contributed by atoms with Gasteiger partial charge in [0.05, 0.1) is 0 Å². The molecule has 0 spiro atoms. The second kappa shape index (κ2) is 4.16. The molecule has 3 heteroatoms. The Balaban J connectivity index is 2.92. The summed E-state index contributed by atoms with van der Waals surface area (Å²) in [5.74, 6) is 0.357. The van der Waals surface area contributed by atoms with E-state index in [1.807, 2.05) is 35.6 Å². The molecule has 0 radical (unpaired) electrons. The van der Waals surface area contributed by atoms with Gasteiger partial charge >= 0.3 is 0 Å². The molecular formula is C9H12INO. The van der Waals surface area contributed by atoms with Crippen molar-refractivity contribution in [2.75, 3.05) is 6.54 Å². The van der Waals surface area contributed by atoms with Crippen molar-refractivity contribution >= 4 is 32.1 Å². The lowest BCUT2D eigenvalue weighted by molar-refractivity contribution is -0.106. The highest BCUT2D eigenvalue weighted by Gasteiger charge is 2.16. The zero-order chi connectivity index (χ0) is 9.14. The fourth-order valence-electron chi connectivity index (χ4n) is 1.25. The van der Waals surface area contributed by atoms with E-state index in [0.29, 0.717) is 5.92 Å². The molecule has 0 bridgehead atoms. The summed E-state index contributed by atoms with van der Waals surface area (Å²) in [6.07, 6.45) is 2.89. The molecule has 0 saturated carbocycles. The lowest BCUT2D eigenvalue weighted by Gasteiger charge is -2.08. The van der Waals surface area contributed by atoms with Gasteiger partial charge in [0.1, 0.15) is 0 Å². The Bertz CT molecular complexity index is 255. The lowest BCUT2D eigenvalue weighted by Crippen LogP contribution is -2.05. The van der Waals surface area contributed by atoms with E-state index in [4.69, 9.17) is 0 Å². The third-order valence-electron chi connectivity index (χ3n) is 2.05. The van der Waals surface area contributed by atoms with Gasteiger partial charge in [0, 0.05) is 40.4 Å². The van der Waals surface area contributed by atoms with Crippen LogP contribution in [-0.4, -0.2) is 16.0 Å². The van der Waals surface area contributed by atoms with E-state index in [0.717, 1.165) is 24.3 Å². The molecule has 1 rings (SSSR count). The Hall–Kier alpha value is -0.190. The van der Waals surface area contributed by atoms with E-state index in [2.05, 4.69) is 11.9 Å². The predicted octanol–water partition coefficient (Wildman–Crippen LogP) is 2.38. The van der Waals surface area contributed by atoms with Crippen LogP contribution in [0.2, 0.25) is 0 Å². The van der Waals surface area contributed by atoms with Crippen molar-refractivity contribution in [3.8, 4) is 0 Å². The minimum Gasteiger partial charge on any atom is -0.290 e. The second-order valence-electron chi connectivity index (χ2n) is 3.09. The molecule has 1 aliphatic rings. The summed E-state index contributed by atoms with van der Waals surface area (Å²) in [5.41, 5.74) is 1.88. The smallest absolute Gasteiger partial charge is 0.218 e. The van der Waals surface area contributed by atoms with Crippen LogP contribution in [-0.2, 0) is 4.79 Å². The van der Waals surface area contributed by atoms with E-state index < -0.39 is 0 Å². The molecule has 0 aromatic heterocycles. The summed E-state index contributed by atoms with van der Waals surface area (Å²) in [4.78, 5) is 15.5. The first kappa shape index (κ1) is 9.89. The highest BCUT2D eigenvalue weighted by Crippen LogP contribution is 2.20. The number of carbonyl (C=O) groups excluding carboxylic acids is 1. The van der Waals surface area contributed by atoms with Crippen LogP contribution >= 0.6 is 22.6 Å².